The minimum atomic E-state index is -3.51. The molecule has 3 N–H and O–H groups in total. The molecule has 0 saturated heterocycles. The third kappa shape index (κ3) is 4.13. The molecule has 0 bridgehead atoms. The Bertz CT molecular complexity index is 735. The van der Waals surface area contributed by atoms with E-state index in [2.05, 4.69) is 20.7 Å². The summed E-state index contributed by atoms with van der Waals surface area (Å²) in [6, 6.07) is 11.6. The van der Waals surface area contributed by atoms with Crippen molar-refractivity contribution in [3.63, 3.8) is 0 Å². The van der Waals surface area contributed by atoms with Crippen LogP contribution in [0.2, 0.25) is 5.02 Å². The van der Waals surface area contributed by atoms with Crippen LogP contribution in [0.5, 0.6) is 0 Å². The lowest BCUT2D eigenvalue weighted by atomic mass is 10.2. The van der Waals surface area contributed by atoms with Gasteiger partial charge >= 0.3 is 0 Å². The molecule has 20 heavy (non-hydrogen) atoms. The van der Waals surface area contributed by atoms with E-state index in [-0.39, 0.29) is 5.75 Å². The fourth-order valence-electron chi connectivity index (χ4n) is 1.68. The maximum Gasteiger partial charge on any atom is 0.236 e. The molecule has 0 atom stereocenters. The lowest BCUT2D eigenvalue weighted by Crippen LogP contribution is -2.15. The molecule has 0 saturated carbocycles. The Hall–Kier alpha value is -1.24. The van der Waals surface area contributed by atoms with Crippen LogP contribution in [0.15, 0.2) is 46.9 Å². The Labute approximate surface area is 131 Å². The number of nitrogens with one attached hydrogen (secondary N) is 1. The zero-order valence-electron chi connectivity index (χ0n) is 10.3. The van der Waals surface area contributed by atoms with Crippen LogP contribution in [0, 0.1) is 0 Å². The second-order valence-electron chi connectivity index (χ2n) is 4.24. The topological polar surface area (TPSA) is 72.2 Å². The van der Waals surface area contributed by atoms with Gasteiger partial charge in [0.05, 0.1) is 16.5 Å². The number of nitrogens with two attached hydrogens (primary N) is 1. The zero-order chi connectivity index (χ0) is 14.8. The maximum atomic E-state index is 12.1. The van der Waals surface area contributed by atoms with E-state index in [9.17, 15) is 8.42 Å². The Balaban J connectivity index is 2.17. The second-order valence-corrected chi connectivity index (χ2v) is 7.22. The van der Waals surface area contributed by atoms with E-state index in [0.29, 0.717) is 26.4 Å². The summed E-state index contributed by atoms with van der Waals surface area (Å²) in [5, 5.41) is 0.439. The molecular weight excluding hydrogens is 364 g/mol. The van der Waals surface area contributed by atoms with Crippen LogP contribution in [0.4, 0.5) is 11.4 Å². The maximum absolute atomic E-state index is 12.1. The highest BCUT2D eigenvalue weighted by Gasteiger charge is 2.12. The largest absolute Gasteiger partial charge is 0.399 e. The van der Waals surface area contributed by atoms with Crippen molar-refractivity contribution in [3.05, 3.63) is 57.5 Å². The summed E-state index contributed by atoms with van der Waals surface area (Å²) in [5.74, 6) is -0.147. The first-order chi connectivity index (χ1) is 9.35. The predicted octanol–water partition coefficient (Wildman–Crippen LogP) is 3.63. The fourth-order valence-corrected chi connectivity index (χ4v) is 3.28. The lowest BCUT2D eigenvalue weighted by molar-refractivity contribution is 0.600. The molecule has 2 rings (SSSR count). The van der Waals surface area contributed by atoms with Gasteiger partial charge in [0, 0.05) is 10.2 Å². The minimum absolute atomic E-state index is 0.147. The number of nitrogen functional groups attached to an aromatic ring is 1. The molecule has 0 fully saturated rings. The molecule has 0 aliphatic carbocycles. The van der Waals surface area contributed by atoms with Gasteiger partial charge in [-0.3, -0.25) is 4.72 Å². The van der Waals surface area contributed by atoms with Crippen molar-refractivity contribution in [2.75, 3.05) is 10.5 Å². The molecule has 7 heteroatoms. The zero-order valence-corrected chi connectivity index (χ0v) is 13.5. The normalized spacial score (nSPS) is 11.3. The highest BCUT2D eigenvalue weighted by Crippen LogP contribution is 2.26. The molecular formula is C13H12BrClN2O2S. The number of hydrogen-bond acceptors (Lipinski definition) is 3. The first kappa shape index (κ1) is 15.2. The minimum Gasteiger partial charge on any atom is -0.399 e. The number of benzene rings is 2. The van der Waals surface area contributed by atoms with Crippen molar-refractivity contribution in [1.82, 2.24) is 0 Å². The molecule has 4 nitrogen and oxygen atoms in total. The van der Waals surface area contributed by atoms with E-state index in [1.54, 1.807) is 42.5 Å². The summed E-state index contributed by atoms with van der Waals surface area (Å²) in [6.07, 6.45) is 0. The van der Waals surface area contributed by atoms with Crippen molar-refractivity contribution < 1.29 is 8.42 Å². The summed E-state index contributed by atoms with van der Waals surface area (Å²) in [5.41, 5.74) is 7.20. The predicted molar refractivity (Wildman–Crippen MR) is 86.3 cm³/mol. The number of rotatable bonds is 4. The molecule has 0 unspecified atom stereocenters. The van der Waals surface area contributed by atoms with E-state index >= 15 is 0 Å². The number of hydrogen-bond donors (Lipinski definition) is 2. The van der Waals surface area contributed by atoms with Crippen LogP contribution in [0.25, 0.3) is 0 Å². The van der Waals surface area contributed by atoms with Crippen LogP contribution in [0.1, 0.15) is 5.56 Å². The fraction of sp³-hybridized carbons (Fsp3) is 0.0769. The van der Waals surface area contributed by atoms with Crippen LogP contribution in [-0.4, -0.2) is 8.42 Å². The van der Waals surface area contributed by atoms with Crippen molar-refractivity contribution >= 4 is 48.9 Å². The summed E-state index contributed by atoms with van der Waals surface area (Å²) < 4.78 is 27.3. The van der Waals surface area contributed by atoms with Gasteiger partial charge in [0.2, 0.25) is 10.0 Å². The number of sulfonamides is 1. The molecule has 0 radical (unpaired) electrons. The van der Waals surface area contributed by atoms with Gasteiger partial charge < -0.3 is 5.73 Å². The Morgan fingerprint density at radius 1 is 1.20 bits per heavy atom. The SMILES string of the molecule is Nc1cccc(CS(=O)(=O)Nc2ccc(Br)c(Cl)c2)c1. The molecule has 0 spiro atoms. The molecule has 0 aliphatic rings. The van der Waals surface area contributed by atoms with Gasteiger partial charge in [0.15, 0.2) is 0 Å². The van der Waals surface area contributed by atoms with Gasteiger partial charge in [0.25, 0.3) is 0 Å². The van der Waals surface area contributed by atoms with Crippen LogP contribution in [0.3, 0.4) is 0 Å². The molecule has 2 aromatic rings. The van der Waals surface area contributed by atoms with Crippen molar-refractivity contribution in [2.24, 2.45) is 0 Å². The smallest absolute Gasteiger partial charge is 0.236 e. The average molecular weight is 376 g/mol. The molecule has 0 aliphatic heterocycles. The highest BCUT2D eigenvalue weighted by atomic mass is 79.9. The van der Waals surface area contributed by atoms with Gasteiger partial charge in [-0.15, -0.1) is 0 Å². The van der Waals surface area contributed by atoms with Gasteiger partial charge in [-0.2, -0.15) is 0 Å². The van der Waals surface area contributed by atoms with Crippen LogP contribution in [-0.2, 0) is 15.8 Å². The first-order valence-electron chi connectivity index (χ1n) is 5.66. The summed E-state index contributed by atoms with van der Waals surface area (Å²) >= 11 is 9.17. The van der Waals surface area contributed by atoms with Crippen molar-refractivity contribution in [1.29, 1.82) is 0 Å². The molecule has 0 heterocycles. The Morgan fingerprint density at radius 2 is 1.95 bits per heavy atom. The standard InChI is InChI=1S/C13H12BrClN2O2S/c14-12-5-4-11(7-13(12)15)17-20(18,19)8-9-2-1-3-10(16)6-9/h1-7,17H,8,16H2. The summed E-state index contributed by atoms with van der Waals surface area (Å²) in [7, 11) is -3.51. The number of halogens is 2. The summed E-state index contributed by atoms with van der Waals surface area (Å²) in [6.45, 7) is 0. The third-order valence-corrected chi connectivity index (χ3v) is 4.99. The second kappa shape index (κ2) is 6.03. The molecule has 0 amide bonds. The monoisotopic (exact) mass is 374 g/mol. The quantitative estimate of drug-likeness (QED) is 0.802. The van der Waals surface area contributed by atoms with Crippen LogP contribution >= 0.6 is 27.5 Å². The van der Waals surface area contributed by atoms with E-state index < -0.39 is 10.0 Å². The molecule has 0 aromatic heterocycles. The highest BCUT2D eigenvalue weighted by molar-refractivity contribution is 9.10. The van der Waals surface area contributed by atoms with Gasteiger partial charge in [-0.25, -0.2) is 8.42 Å². The third-order valence-electron chi connectivity index (χ3n) is 2.50. The Morgan fingerprint density at radius 3 is 2.60 bits per heavy atom. The lowest BCUT2D eigenvalue weighted by Gasteiger charge is -2.09. The van der Waals surface area contributed by atoms with E-state index in [1.165, 1.54) is 0 Å². The van der Waals surface area contributed by atoms with E-state index in [4.69, 9.17) is 17.3 Å². The van der Waals surface area contributed by atoms with Crippen LogP contribution < -0.4 is 10.5 Å². The Kier molecular flexibility index (Phi) is 4.57. The summed E-state index contributed by atoms with van der Waals surface area (Å²) in [4.78, 5) is 0. The van der Waals surface area contributed by atoms with E-state index in [1.807, 2.05) is 0 Å². The molecule has 2 aromatic carbocycles. The average Bonchev–Trinajstić information content (AvgIpc) is 2.33. The van der Waals surface area contributed by atoms with E-state index in [0.717, 1.165) is 0 Å². The first-order valence-corrected chi connectivity index (χ1v) is 8.48. The van der Waals surface area contributed by atoms with Crippen molar-refractivity contribution in [3.8, 4) is 0 Å². The van der Waals surface area contributed by atoms with Gasteiger partial charge in [-0.05, 0) is 51.8 Å². The molecule has 106 valence electrons. The van der Waals surface area contributed by atoms with Crippen molar-refractivity contribution in [2.45, 2.75) is 5.75 Å². The van der Waals surface area contributed by atoms with Gasteiger partial charge in [-0.1, -0.05) is 23.7 Å². The van der Waals surface area contributed by atoms with Gasteiger partial charge in [0.1, 0.15) is 0 Å². The number of anilines is 2.